The van der Waals surface area contributed by atoms with E-state index in [1.54, 1.807) is 20.8 Å². The fraction of sp³-hybridized carbons (Fsp3) is 0.905. The lowest BCUT2D eigenvalue weighted by Gasteiger charge is -2.16. The molecule has 188 valence electrons. The molecule has 9 heteroatoms. The Hall–Kier alpha value is 0.340. The molecule has 0 aromatic carbocycles. The van der Waals surface area contributed by atoms with Crippen LogP contribution in [0.25, 0.3) is 0 Å². The van der Waals surface area contributed by atoms with Crippen molar-refractivity contribution in [2.24, 2.45) is 10.8 Å². The lowest BCUT2D eigenvalue weighted by atomic mass is 9.96. The van der Waals surface area contributed by atoms with Crippen molar-refractivity contribution in [2.75, 3.05) is 44.2 Å². The summed E-state index contributed by atoms with van der Waals surface area (Å²) in [7, 11) is 0. The molecule has 0 saturated heterocycles. The maximum absolute atomic E-state index is 11.1. The molecule has 0 radical (unpaired) electrons. The van der Waals surface area contributed by atoms with Gasteiger partial charge in [-0.2, -0.15) is 25.3 Å². The minimum Gasteiger partial charge on any atom is -1.00 e. The van der Waals surface area contributed by atoms with Gasteiger partial charge < -0.3 is 28.4 Å². The highest BCUT2D eigenvalue weighted by Crippen LogP contribution is 2.15. The van der Waals surface area contributed by atoms with E-state index >= 15 is 0 Å². The molecule has 0 aliphatic carbocycles. The quantitative estimate of drug-likeness (QED) is 0.317. The number of amides is 1. The minimum atomic E-state index is -0.373. The second-order valence-corrected chi connectivity index (χ2v) is 9.19. The third-order valence-electron chi connectivity index (χ3n) is 3.17. The van der Waals surface area contributed by atoms with Crippen LogP contribution < -0.4 is 23.5 Å². The van der Waals surface area contributed by atoms with Crippen LogP contribution in [-0.4, -0.2) is 60.3 Å². The third-order valence-corrected chi connectivity index (χ3v) is 4.27. The molecular formula is C21H51Cl2N3O2S2. The molecule has 0 aliphatic rings. The smallest absolute Gasteiger partial charge is 0.226 e. The van der Waals surface area contributed by atoms with Gasteiger partial charge in [0.1, 0.15) is 0 Å². The molecule has 0 fully saturated rings. The van der Waals surface area contributed by atoms with Crippen LogP contribution in [0.15, 0.2) is 0 Å². The number of halogens is 2. The van der Waals surface area contributed by atoms with E-state index in [-0.39, 0.29) is 41.8 Å². The molecule has 0 unspecified atom stereocenters. The molecule has 0 aromatic rings. The van der Waals surface area contributed by atoms with Gasteiger partial charge in [0.15, 0.2) is 0 Å². The summed E-state index contributed by atoms with van der Waals surface area (Å²) < 4.78 is 0. The Morgan fingerprint density at radius 2 is 1.20 bits per heavy atom. The van der Waals surface area contributed by atoms with E-state index in [1.165, 1.54) is 19.6 Å². The number of carbonyl (C=O) groups is 2. The van der Waals surface area contributed by atoms with E-state index in [0.717, 1.165) is 12.3 Å². The molecule has 30 heavy (non-hydrogen) atoms. The van der Waals surface area contributed by atoms with Crippen LogP contribution in [0.5, 0.6) is 0 Å². The Balaban J connectivity index is -0.0000000652. The fourth-order valence-corrected chi connectivity index (χ4v) is 1.22. The first-order valence-corrected chi connectivity index (χ1v) is 11.5. The summed E-state index contributed by atoms with van der Waals surface area (Å²) in [6.45, 7) is 22.7. The number of nitrogens with one attached hydrogen (secondary N) is 1. The Morgan fingerprint density at radius 3 is 1.30 bits per heavy atom. The molecule has 0 aromatic heterocycles. The topological polar surface area (TPSA) is 77.1 Å². The predicted molar refractivity (Wildman–Crippen MR) is 138 cm³/mol. The van der Waals surface area contributed by atoms with Gasteiger partial charge in [-0.25, -0.2) is 0 Å². The van der Waals surface area contributed by atoms with E-state index in [0.29, 0.717) is 12.3 Å². The molecule has 0 rings (SSSR count). The summed E-state index contributed by atoms with van der Waals surface area (Å²) in [4.78, 5) is 23.7. The largest absolute Gasteiger partial charge is 1.00 e. The van der Waals surface area contributed by atoms with Gasteiger partial charge in [-0.1, -0.05) is 69.7 Å². The fourth-order valence-electron chi connectivity index (χ4n) is 1.11. The van der Waals surface area contributed by atoms with Crippen molar-refractivity contribution < 1.29 is 27.7 Å². The molecule has 0 bridgehead atoms. The highest BCUT2D eigenvalue weighted by molar-refractivity contribution is 7.80. The summed E-state index contributed by atoms with van der Waals surface area (Å²) in [5.41, 5.74) is 2.88. The standard InChI is InChI=1S/C7H15NOS.C6H15N.C5H9ClO.C2H7NS.CH4.ClH/c1-7(2,3)6(9)8-4-5-10;1-4-7(5-2)6-3;1-5(2,3)4(6)7;3-1-2-4;;/h10H,4-5H2,1-3H3,(H,8,9);4-6H2,1-3H3;1-3H3;4H,1-3H2;1H4;1H. The predicted octanol–water partition coefficient (Wildman–Crippen LogP) is 1.02. The van der Waals surface area contributed by atoms with Crippen LogP contribution in [0.3, 0.4) is 0 Å². The first kappa shape index (κ1) is 44.1. The normalized spacial score (nSPS) is 9.80. The van der Waals surface area contributed by atoms with Crippen LogP contribution in [0.1, 0.15) is 69.7 Å². The maximum Gasteiger partial charge on any atom is 0.226 e. The first-order valence-electron chi connectivity index (χ1n) is 9.90. The van der Waals surface area contributed by atoms with Crippen LogP contribution in [0, 0.1) is 10.8 Å². The van der Waals surface area contributed by atoms with Crippen molar-refractivity contribution in [2.45, 2.75) is 69.7 Å². The third kappa shape index (κ3) is 38.9. The molecule has 1 amide bonds. The molecule has 0 saturated carbocycles. The second kappa shape index (κ2) is 27.4. The van der Waals surface area contributed by atoms with E-state index in [4.69, 9.17) is 11.6 Å². The van der Waals surface area contributed by atoms with E-state index < -0.39 is 0 Å². The molecule has 4 N–H and O–H groups in total. The summed E-state index contributed by atoms with van der Waals surface area (Å²) in [6.07, 6.45) is 0. The highest BCUT2D eigenvalue weighted by atomic mass is 35.5. The molecular weight excluding hydrogens is 461 g/mol. The average Bonchev–Trinajstić information content (AvgIpc) is 2.60. The number of hydrogen-bond acceptors (Lipinski definition) is 5. The molecule has 0 spiro atoms. The van der Waals surface area contributed by atoms with Crippen molar-refractivity contribution in [3.8, 4) is 0 Å². The van der Waals surface area contributed by atoms with Gasteiger partial charge in [0.25, 0.3) is 0 Å². The number of quaternary nitrogens is 1. The Bertz CT molecular complexity index is 365. The van der Waals surface area contributed by atoms with Gasteiger partial charge in [0.2, 0.25) is 11.1 Å². The lowest BCUT2D eigenvalue weighted by Crippen LogP contribution is -3.00. The monoisotopic (exact) mass is 511 g/mol. The number of nitrogens with zero attached hydrogens (tertiary/aromatic N) is 1. The van der Waals surface area contributed by atoms with Crippen LogP contribution in [0.2, 0.25) is 0 Å². The van der Waals surface area contributed by atoms with E-state index in [2.05, 4.69) is 62.0 Å². The van der Waals surface area contributed by atoms with Crippen LogP contribution in [0.4, 0.5) is 0 Å². The summed E-state index contributed by atoms with van der Waals surface area (Å²) in [5.74, 6) is 1.68. The lowest BCUT2D eigenvalue weighted by molar-refractivity contribution is -0.360. The second-order valence-electron chi connectivity index (χ2n) is 7.95. The van der Waals surface area contributed by atoms with Gasteiger partial charge >= 0.3 is 0 Å². The van der Waals surface area contributed by atoms with Gasteiger partial charge in [-0.05, 0) is 31.2 Å². The van der Waals surface area contributed by atoms with Crippen molar-refractivity contribution >= 4 is 48.0 Å². The van der Waals surface area contributed by atoms with Gasteiger partial charge in [-0.3, -0.25) is 9.59 Å². The first-order chi connectivity index (χ1) is 12.7. The van der Waals surface area contributed by atoms with Crippen molar-refractivity contribution in [1.29, 1.82) is 0 Å². The Labute approximate surface area is 210 Å². The maximum atomic E-state index is 11.1. The molecule has 5 nitrogen and oxygen atoms in total. The molecule has 0 atom stereocenters. The van der Waals surface area contributed by atoms with Crippen molar-refractivity contribution in [3.63, 3.8) is 0 Å². The number of rotatable bonds is 6. The van der Waals surface area contributed by atoms with E-state index in [9.17, 15) is 9.59 Å². The minimum absolute atomic E-state index is 0. The number of carbonyl (C=O) groups excluding carboxylic acids is 2. The van der Waals surface area contributed by atoms with Gasteiger partial charge in [0, 0.05) is 28.9 Å². The van der Waals surface area contributed by atoms with Crippen LogP contribution in [-0.2, 0) is 9.59 Å². The Morgan fingerprint density at radius 1 is 0.900 bits per heavy atom. The SMILES string of the molecule is C.CC(C)(C)C(=O)Cl.CC(C)(C)C(=O)NCCS.CCN(CC)CC.[Cl-].[NH3+]CCS. The number of hydrogen-bond donors (Lipinski definition) is 4. The molecule has 0 aliphatic heterocycles. The zero-order chi connectivity index (χ0) is 23.4. The van der Waals surface area contributed by atoms with E-state index in [1.807, 2.05) is 20.8 Å². The zero-order valence-electron chi connectivity index (χ0n) is 20.1. The van der Waals surface area contributed by atoms with Gasteiger partial charge in [0.05, 0.1) is 6.54 Å². The zero-order valence-corrected chi connectivity index (χ0v) is 23.4. The highest BCUT2D eigenvalue weighted by Gasteiger charge is 2.19. The Kier molecular flexibility index (Phi) is 40.2. The summed E-state index contributed by atoms with van der Waals surface area (Å²) in [5, 5.41) is 2.47. The molecule has 0 heterocycles. The van der Waals surface area contributed by atoms with Crippen molar-refractivity contribution in [3.05, 3.63) is 0 Å². The van der Waals surface area contributed by atoms with Gasteiger partial charge in [-0.15, -0.1) is 0 Å². The average molecular weight is 513 g/mol. The number of thiol groups is 2. The van der Waals surface area contributed by atoms with Crippen molar-refractivity contribution in [1.82, 2.24) is 10.2 Å². The summed E-state index contributed by atoms with van der Waals surface area (Å²) >= 11 is 12.9. The van der Waals surface area contributed by atoms with Crippen LogP contribution >= 0.6 is 36.9 Å². The summed E-state index contributed by atoms with van der Waals surface area (Å²) in [6, 6.07) is 0.